The predicted molar refractivity (Wildman–Crippen MR) is 80.2 cm³/mol. The largest absolute Gasteiger partial charge is 0.480 e. The normalized spacial score (nSPS) is 31.3. The van der Waals surface area contributed by atoms with Crippen molar-refractivity contribution in [3.05, 3.63) is 0 Å². The Bertz CT molecular complexity index is 402. The van der Waals surface area contributed by atoms with Crippen LogP contribution in [-0.4, -0.2) is 77.1 Å². The van der Waals surface area contributed by atoms with Crippen LogP contribution < -0.4 is 0 Å². The Kier molecular flexibility index (Phi) is 5.08. The third kappa shape index (κ3) is 3.48. The Labute approximate surface area is 126 Å². The van der Waals surface area contributed by atoms with E-state index < -0.39 is 12.0 Å². The summed E-state index contributed by atoms with van der Waals surface area (Å²) in [6.45, 7) is 7.05. The number of hydrogen-bond acceptors (Lipinski definition) is 3. The van der Waals surface area contributed by atoms with Gasteiger partial charge in [0.25, 0.3) is 0 Å². The molecular formula is C15H27N3O3. The third-order valence-corrected chi connectivity index (χ3v) is 4.90. The number of hydrogen-bond donors (Lipinski definition) is 1. The predicted octanol–water partition coefficient (Wildman–Crippen LogP) is 1.32. The lowest BCUT2D eigenvalue weighted by atomic mass is 9.89. The van der Waals surface area contributed by atoms with E-state index in [2.05, 4.69) is 11.8 Å². The highest BCUT2D eigenvalue weighted by atomic mass is 16.4. The van der Waals surface area contributed by atoms with Crippen molar-refractivity contribution in [3.8, 4) is 0 Å². The molecule has 3 unspecified atom stereocenters. The number of carboxylic acid groups (broad SMARTS) is 1. The maximum absolute atomic E-state index is 12.8. The average molecular weight is 297 g/mol. The first-order valence-corrected chi connectivity index (χ1v) is 7.92. The lowest BCUT2D eigenvalue weighted by molar-refractivity contribution is -0.144. The van der Waals surface area contributed by atoms with Gasteiger partial charge in [-0.15, -0.1) is 0 Å². The number of piperazine rings is 1. The van der Waals surface area contributed by atoms with Crippen LogP contribution in [0.3, 0.4) is 0 Å². The Morgan fingerprint density at radius 1 is 1.19 bits per heavy atom. The molecule has 120 valence electrons. The second kappa shape index (κ2) is 6.64. The van der Waals surface area contributed by atoms with Gasteiger partial charge in [0, 0.05) is 32.2 Å². The zero-order chi connectivity index (χ0) is 15.6. The molecule has 0 bridgehead atoms. The van der Waals surface area contributed by atoms with E-state index in [9.17, 15) is 14.7 Å². The quantitative estimate of drug-likeness (QED) is 0.835. The molecule has 2 amide bonds. The standard InChI is InChI=1S/C15H27N3O3/c1-4-12-5-6-18(13(9-12)14(19)20)15(21)17-8-7-16(3)10-11(17)2/h11-13H,4-10H2,1-3H3,(H,19,20). The van der Waals surface area contributed by atoms with Gasteiger partial charge in [0.1, 0.15) is 6.04 Å². The number of carbonyl (C=O) groups is 2. The second-order valence-corrected chi connectivity index (χ2v) is 6.43. The fraction of sp³-hybridized carbons (Fsp3) is 0.867. The minimum Gasteiger partial charge on any atom is -0.480 e. The molecule has 6 nitrogen and oxygen atoms in total. The van der Waals surface area contributed by atoms with E-state index in [0.29, 0.717) is 25.4 Å². The van der Waals surface area contributed by atoms with Crippen molar-refractivity contribution in [1.29, 1.82) is 0 Å². The number of likely N-dealkylation sites (N-methyl/N-ethyl adjacent to an activating group) is 1. The molecule has 0 saturated carbocycles. The van der Waals surface area contributed by atoms with Gasteiger partial charge in [-0.25, -0.2) is 9.59 Å². The third-order valence-electron chi connectivity index (χ3n) is 4.90. The molecule has 3 atom stereocenters. The van der Waals surface area contributed by atoms with Crippen LogP contribution in [-0.2, 0) is 4.79 Å². The summed E-state index contributed by atoms with van der Waals surface area (Å²) >= 11 is 0. The van der Waals surface area contributed by atoms with Crippen molar-refractivity contribution < 1.29 is 14.7 Å². The molecule has 0 radical (unpaired) electrons. The summed E-state index contributed by atoms with van der Waals surface area (Å²) in [5.41, 5.74) is 0. The molecular weight excluding hydrogens is 270 g/mol. The number of rotatable bonds is 2. The van der Waals surface area contributed by atoms with E-state index in [1.54, 1.807) is 4.90 Å². The fourth-order valence-corrected chi connectivity index (χ4v) is 3.46. The van der Waals surface area contributed by atoms with Gasteiger partial charge in [0.2, 0.25) is 0 Å². The molecule has 2 fully saturated rings. The molecule has 0 aromatic heterocycles. The number of amides is 2. The van der Waals surface area contributed by atoms with Gasteiger partial charge in [0.05, 0.1) is 0 Å². The van der Waals surface area contributed by atoms with Crippen molar-refractivity contribution >= 4 is 12.0 Å². The summed E-state index contributed by atoms with van der Waals surface area (Å²) in [4.78, 5) is 29.9. The van der Waals surface area contributed by atoms with Crippen LogP contribution in [0.5, 0.6) is 0 Å². The SMILES string of the molecule is CCC1CCN(C(=O)N2CCN(C)CC2C)C(C(=O)O)C1. The lowest BCUT2D eigenvalue weighted by Crippen LogP contribution is -2.60. The number of likely N-dealkylation sites (tertiary alicyclic amines) is 1. The summed E-state index contributed by atoms with van der Waals surface area (Å²) < 4.78 is 0. The fourth-order valence-electron chi connectivity index (χ4n) is 3.46. The summed E-state index contributed by atoms with van der Waals surface area (Å²) in [6, 6.07) is -0.629. The molecule has 2 rings (SSSR count). The van der Waals surface area contributed by atoms with Crippen molar-refractivity contribution in [2.24, 2.45) is 5.92 Å². The van der Waals surface area contributed by atoms with Crippen molar-refractivity contribution in [2.45, 2.75) is 45.2 Å². The van der Waals surface area contributed by atoms with E-state index in [1.807, 2.05) is 18.9 Å². The molecule has 2 saturated heterocycles. The van der Waals surface area contributed by atoms with Gasteiger partial charge < -0.3 is 19.8 Å². The van der Waals surface area contributed by atoms with Crippen LogP contribution in [0, 0.1) is 5.92 Å². The molecule has 2 aliphatic rings. The Balaban J connectivity index is 2.08. The van der Waals surface area contributed by atoms with Gasteiger partial charge in [-0.05, 0) is 32.7 Å². The second-order valence-electron chi connectivity index (χ2n) is 6.43. The maximum Gasteiger partial charge on any atom is 0.326 e. The first kappa shape index (κ1) is 16.1. The highest BCUT2D eigenvalue weighted by Gasteiger charge is 2.39. The topological polar surface area (TPSA) is 64.1 Å². The van der Waals surface area contributed by atoms with E-state index in [4.69, 9.17) is 0 Å². The van der Waals surface area contributed by atoms with E-state index in [1.165, 1.54) is 0 Å². The summed E-state index contributed by atoms with van der Waals surface area (Å²) in [5, 5.41) is 9.46. The van der Waals surface area contributed by atoms with Gasteiger partial charge in [0.15, 0.2) is 0 Å². The van der Waals surface area contributed by atoms with Gasteiger partial charge in [-0.2, -0.15) is 0 Å². The number of carboxylic acids is 1. The lowest BCUT2D eigenvalue weighted by Gasteiger charge is -2.44. The zero-order valence-corrected chi connectivity index (χ0v) is 13.3. The summed E-state index contributed by atoms with van der Waals surface area (Å²) in [5.74, 6) is -0.455. The first-order valence-electron chi connectivity index (χ1n) is 7.92. The van der Waals surface area contributed by atoms with Gasteiger partial charge in [-0.1, -0.05) is 13.3 Å². The Hall–Kier alpha value is -1.30. The van der Waals surface area contributed by atoms with Crippen molar-refractivity contribution in [3.63, 3.8) is 0 Å². The van der Waals surface area contributed by atoms with E-state index in [-0.39, 0.29) is 12.1 Å². The molecule has 0 aromatic carbocycles. The molecule has 6 heteroatoms. The van der Waals surface area contributed by atoms with Crippen molar-refractivity contribution in [2.75, 3.05) is 33.2 Å². The highest BCUT2D eigenvalue weighted by molar-refractivity contribution is 5.83. The summed E-state index contributed by atoms with van der Waals surface area (Å²) in [7, 11) is 2.05. The van der Waals surface area contributed by atoms with Crippen molar-refractivity contribution in [1.82, 2.24) is 14.7 Å². The Morgan fingerprint density at radius 3 is 2.48 bits per heavy atom. The van der Waals surface area contributed by atoms with Crippen LogP contribution in [0.2, 0.25) is 0 Å². The monoisotopic (exact) mass is 297 g/mol. The van der Waals surface area contributed by atoms with Crippen LogP contribution >= 0.6 is 0 Å². The average Bonchev–Trinajstić information content (AvgIpc) is 2.46. The number of piperidine rings is 1. The molecule has 0 aromatic rings. The van der Waals surface area contributed by atoms with Crippen LogP contribution in [0.4, 0.5) is 4.79 Å². The smallest absolute Gasteiger partial charge is 0.326 e. The highest BCUT2D eigenvalue weighted by Crippen LogP contribution is 2.27. The molecule has 21 heavy (non-hydrogen) atoms. The molecule has 2 aliphatic heterocycles. The number of nitrogens with zero attached hydrogens (tertiary/aromatic N) is 3. The van der Waals surface area contributed by atoms with Crippen LogP contribution in [0.25, 0.3) is 0 Å². The number of urea groups is 1. The molecule has 2 heterocycles. The van der Waals surface area contributed by atoms with Gasteiger partial charge in [-0.3, -0.25) is 0 Å². The van der Waals surface area contributed by atoms with Crippen LogP contribution in [0.15, 0.2) is 0 Å². The zero-order valence-electron chi connectivity index (χ0n) is 13.3. The number of carbonyl (C=O) groups excluding carboxylic acids is 1. The van der Waals surface area contributed by atoms with E-state index >= 15 is 0 Å². The summed E-state index contributed by atoms with van der Waals surface area (Å²) in [6.07, 6.45) is 2.48. The minimum absolute atomic E-state index is 0.0995. The van der Waals surface area contributed by atoms with E-state index in [0.717, 1.165) is 25.9 Å². The maximum atomic E-state index is 12.8. The number of aliphatic carboxylic acids is 1. The molecule has 0 spiro atoms. The first-order chi connectivity index (χ1) is 9.93. The molecule has 0 aliphatic carbocycles. The molecule has 1 N–H and O–H groups in total. The minimum atomic E-state index is -0.872. The van der Waals surface area contributed by atoms with Gasteiger partial charge >= 0.3 is 12.0 Å². The van der Waals surface area contributed by atoms with Crippen LogP contribution in [0.1, 0.15) is 33.1 Å². The Morgan fingerprint density at radius 2 is 1.90 bits per heavy atom.